The van der Waals surface area contributed by atoms with Gasteiger partial charge in [-0.2, -0.15) is 0 Å². The summed E-state index contributed by atoms with van der Waals surface area (Å²) in [4.78, 5) is 10.6. The molecule has 1 N–H and O–H groups in total. The molecule has 0 amide bonds. The largest absolute Gasteiger partial charge is 0.368 e. The molecule has 0 saturated carbocycles. The van der Waals surface area contributed by atoms with Crippen LogP contribution in [-0.4, -0.2) is 16.5 Å². The molecule has 2 aromatic heterocycles. The number of para-hydroxylation sites is 2. The lowest BCUT2D eigenvalue weighted by atomic mass is 10.3. The second kappa shape index (κ2) is 5.89. The molecule has 3 aromatic rings. The third-order valence-electron chi connectivity index (χ3n) is 3.04. The highest BCUT2D eigenvalue weighted by molar-refractivity contribution is 9.11. The molecule has 5 heteroatoms. The molecule has 0 aliphatic carbocycles. The normalized spacial score (nSPS) is 10.9. The van der Waals surface area contributed by atoms with Gasteiger partial charge in [0.05, 0.1) is 20.5 Å². The summed E-state index contributed by atoms with van der Waals surface area (Å²) in [5, 5.41) is 3.38. The highest BCUT2D eigenvalue weighted by atomic mass is 79.9. The van der Waals surface area contributed by atoms with Crippen LogP contribution >= 0.6 is 27.3 Å². The van der Waals surface area contributed by atoms with E-state index >= 15 is 0 Å². The van der Waals surface area contributed by atoms with Gasteiger partial charge in [-0.1, -0.05) is 12.1 Å². The van der Waals surface area contributed by atoms with Crippen LogP contribution in [0.5, 0.6) is 0 Å². The lowest BCUT2D eigenvalue weighted by Crippen LogP contribution is -2.08. The van der Waals surface area contributed by atoms with Crippen molar-refractivity contribution in [3.63, 3.8) is 0 Å². The maximum atomic E-state index is 4.63. The Morgan fingerprint density at radius 3 is 2.55 bits per heavy atom. The Morgan fingerprint density at radius 1 is 1.10 bits per heavy atom. The van der Waals surface area contributed by atoms with E-state index in [2.05, 4.69) is 43.3 Å². The topological polar surface area (TPSA) is 37.8 Å². The van der Waals surface area contributed by atoms with Gasteiger partial charge in [0.15, 0.2) is 0 Å². The zero-order valence-corrected chi connectivity index (χ0v) is 13.5. The molecule has 20 heavy (non-hydrogen) atoms. The summed E-state index contributed by atoms with van der Waals surface area (Å²) in [5.41, 5.74) is 2.81. The number of aryl methyl sites for hydroxylation is 1. The number of nitrogens with zero attached hydrogens (tertiary/aromatic N) is 2. The van der Waals surface area contributed by atoms with E-state index in [1.807, 2.05) is 31.2 Å². The van der Waals surface area contributed by atoms with Gasteiger partial charge in [0.25, 0.3) is 0 Å². The van der Waals surface area contributed by atoms with E-state index in [0.29, 0.717) is 0 Å². The van der Waals surface area contributed by atoms with Gasteiger partial charge >= 0.3 is 0 Å². The minimum Gasteiger partial charge on any atom is -0.368 e. The number of rotatable bonds is 4. The molecule has 0 bridgehead atoms. The molecule has 1 aromatic carbocycles. The van der Waals surface area contributed by atoms with Crippen LogP contribution in [0.1, 0.15) is 10.6 Å². The van der Waals surface area contributed by atoms with Crippen molar-refractivity contribution in [3.8, 4) is 0 Å². The van der Waals surface area contributed by atoms with Crippen molar-refractivity contribution < 1.29 is 0 Å². The Hall–Kier alpha value is -1.46. The van der Waals surface area contributed by atoms with Gasteiger partial charge in [-0.3, -0.25) is 0 Å². The fourth-order valence-corrected chi connectivity index (χ4v) is 3.53. The SMILES string of the molecule is Cc1nc2ccccc2nc1NCCc1ccc(Br)s1. The number of hydrogen-bond donors (Lipinski definition) is 1. The van der Waals surface area contributed by atoms with Gasteiger partial charge in [0.2, 0.25) is 0 Å². The highest BCUT2D eigenvalue weighted by Gasteiger charge is 2.04. The number of aromatic nitrogens is 2. The Morgan fingerprint density at radius 2 is 1.85 bits per heavy atom. The summed E-state index contributed by atoms with van der Waals surface area (Å²) in [6, 6.07) is 12.2. The summed E-state index contributed by atoms with van der Waals surface area (Å²) in [5.74, 6) is 0.874. The summed E-state index contributed by atoms with van der Waals surface area (Å²) >= 11 is 5.25. The van der Waals surface area contributed by atoms with Crippen molar-refractivity contribution >= 4 is 44.1 Å². The molecule has 0 aliphatic heterocycles. The molecule has 102 valence electrons. The van der Waals surface area contributed by atoms with Crippen LogP contribution in [0.15, 0.2) is 40.2 Å². The zero-order valence-electron chi connectivity index (χ0n) is 11.1. The van der Waals surface area contributed by atoms with Crippen LogP contribution in [0, 0.1) is 6.92 Å². The lowest BCUT2D eigenvalue weighted by molar-refractivity contribution is 1.02. The molecule has 0 radical (unpaired) electrons. The molecule has 3 nitrogen and oxygen atoms in total. The monoisotopic (exact) mass is 347 g/mol. The summed E-state index contributed by atoms with van der Waals surface area (Å²) < 4.78 is 1.18. The van der Waals surface area contributed by atoms with E-state index in [0.717, 1.165) is 35.5 Å². The molecule has 2 heterocycles. The first kappa shape index (κ1) is 13.5. The number of hydrogen-bond acceptors (Lipinski definition) is 4. The lowest BCUT2D eigenvalue weighted by Gasteiger charge is -2.08. The van der Waals surface area contributed by atoms with Crippen LogP contribution in [0.3, 0.4) is 0 Å². The maximum absolute atomic E-state index is 4.63. The Kier molecular flexibility index (Phi) is 3.98. The third kappa shape index (κ3) is 2.99. The number of thiophene rings is 1. The molecule has 0 fully saturated rings. The van der Waals surface area contributed by atoms with E-state index < -0.39 is 0 Å². The number of halogens is 1. The van der Waals surface area contributed by atoms with Crippen molar-refractivity contribution in [1.82, 2.24) is 9.97 Å². The molecule has 3 rings (SSSR count). The van der Waals surface area contributed by atoms with E-state index in [1.165, 1.54) is 8.66 Å². The summed E-state index contributed by atoms with van der Waals surface area (Å²) in [7, 11) is 0. The van der Waals surface area contributed by atoms with Crippen molar-refractivity contribution in [1.29, 1.82) is 0 Å². The molecular weight excluding hydrogens is 334 g/mol. The number of nitrogens with one attached hydrogen (secondary N) is 1. The second-order valence-electron chi connectivity index (χ2n) is 4.53. The number of benzene rings is 1. The van der Waals surface area contributed by atoms with E-state index in [-0.39, 0.29) is 0 Å². The van der Waals surface area contributed by atoms with E-state index in [4.69, 9.17) is 0 Å². The predicted molar refractivity (Wildman–Crippen MR) is 88.5 cm³/mol. The van der Waals surface area contributed by atoms with Crippen molar-refractivity contribution in [3.05, 3.63) is 50.8 Å². The van der Waals surface area contributed by atoms with E-state index in [1.54, 1.807) is 11.3 Å². The predicted octanol–water partition coefficient (Wildman–Crippen LogP) is 4.42. The van der Waals surface area contributed by atoms with Crippen LogP contribution in [0.25, 0.3) is 11.0 Å². The van der Waals surface area contributed by atoms with Gasteiger partial charge < -0.3 is 5.32 Å². The first-order chi connectivity index (χ1) is 9.72. The Bertz CT molecular complexity index is 739. The van der Waals surface area contributed by atoms with Crippen LogP contribution in [-0.2, 0) is 6.42 Å². The fraction of sp³-hybridized carbons (Fsp3) is 0.200. The smallest absolute Gasteiger partial charge is 0.148 e. The van der Waals surface area contributed by atoms with Gasteiger partial charge in [-0.05, 0) is 53.5 Å². The minimum absolute atomic E-state index is 0.862. The van der Waals surface area contributed by atoms with Crippen LogP contribution in [0.2, 0.25) is 0 Å². The average molecular weight is 348 g/mol. The molecule has 0 atom stereocenters. The van der Waals surface area contributed by atoms with Crippen molar-refractivity contribution in [2.45, 2.75) is 13.3 Å². The molecule has 0 spiro atoms. The summed E-state index contributed by atoms with van der Waals surface area (Å²) in [6.45, 7) is 2.85. The van der Waals surface area contributed by atoms with Crippen molar-refractivity contribution in [2.24, 2.45) is 0 Å². The first-order valence-electron chi connectivity index (χ1n) is 6.44. The average Bonchev–Trinajstić information content (AvgIpc) is 2.85. The minimum atomic E-state index is 0.862. The first-order valence-corrected chi connectivity index (χ1v) is 8.05. The third-order valence-corrected chi connectivity index (χ3v) is 4.72. The van der Waals surface area contributed by atoms with Gasteiger partial charge in [-0.25, -0.2) is 9.97 Å². The van der Waals surface area contributed by atoms with Crippen LogP contribution < -0.4 is 5.32 Å². The van der Waals surface area contributed by atoms with Crippen LogP contribution in [0.4, 0.5) is 5.82 Å². The summed E-state index contributed by atoms with van der Waals surface area (Å²) in [6.07, 6.45) is 0.990. The number of anilines is 1. The van der Waals surface area contributed by atoms with Gasteiger partial charge in [-0.15, -0.1) is 11.3 Å². The zero-order chi connectivity index (χ0) is 13.9. The molecular formula is C15H14BrN3S. The Balaban J connectivity index is 1.72. The fourth-order valence-electron chi connectivity index (χ4n) is 2.05. The highest BCUT2D eigenvalue weighted by Crippen LogP contribution is 2.22. The molecule has 0 aliphatic rings. The van der Waals surface area contributed by atoms with Gasteiger partial charge in [0, 0.05) is 11.4 Å². The standard InChI is InChI=1S/C15H14BrN3S/c1-10-15(17-9-8-11-6-7-14(16)20-11)19-13-5-3-2-4-12(13)18-10/h2-7H,8-9H2,1H3,(H,17,19). The van der Waals surface area contributed by atoms with E-state index in [9.17, 15) is 0 Å². The Labute approximate surface area is 130 Å². The quantitative estimate of drug-likeness (QED) is 0.759. The maximum Gasteiger partial charge on any atom is 0.148 e. The second-order valence-corrected chi connectivity index (χ2v) is 7.08. The van der Waals surface area contributed by atoms with Gasteiger partial charge in [0.1, 0.15) is 5.82 Å². The molecule has 0 unspecified atom stereocenters. The number of fused-ring (bicyclic) bond motifs is 1. The van der Waals surface area contributed by atoms with Crippen molar-refractivity contribution in [2.75, 3.05) is 11.9 Å². The molecule has 0 saturated heterocycles.